The van der Waals surface area contributed by atoms with Crippen LogP contribution >= 0.6 is 21.6 Å². The van der Waals surface area contributed by atoms with Crippen LogP contribution in [0.15, 0.2) is 0 Å². The van der Waals surface area contributed by atoms with Gasteiger partial charge in [0.05, 0.1) is 0 Å². The third-order valence-electron chi connectivity index (χ3n) is 1.86. The molecule has 20 heavy (non-hydrogen) atoms. The summed E-state index contributed by atoms with van der Waals surface area (Å²) < 4.78 is 9.82. The minimum absolute atomic E-state index is 0.332. The number of carbonyl (C=O) groups excluding carboxylic acids is 2. The number of nitriles is 1. The molecule has 0 aliphatic rings. The SMILES string of the molecule is CSSCC[C@H](NC(=O)OC(C)(C)C)C(=O)OCC#N. The second-order valence-electron chi connectivity index (χ2n) is 4.74. The molecule has 0 radical (unpaired) electrons. The molecular formula is C12H20N2O4S2. The van der Waals surface area contributed by atoms with Crippen molar-refractivity contribution in [3.05, 3.63) is 0 Å². The molecule has 0 fully saturated rings. The van der Waals surface area contributed by atoms with Gasteiger partial charge in [0, 0.05) is 5.75 Å². The van der Waals surface area contributed by atoms with Crippen LogP contribution in [0.1, 0.15) is 27.2 Å². The average molecular weight is 320 g/mol. The van der Waals surface area contributed by atoms with Crippen molar-refractivity contribution in [3.8, 4) is 6.07 Å². The summed E-state index contributed by atoms with van der Waals surface area (Å²) in [7, 11) is 3.14. The number of nitrogens with one attached hydrogen (secondary N) is 1. The van der Waals surface area contributed by atoms with Gasteiger partial charge < -0.3 is 14.8 Å². The van der Waals surface area contributed by atoms with Crippen LogP contribution in [0.4, 0.5) is 4.79 Å². The van der Waals surface area contributed by atoms with Gasteiger partial charge in [0.1, 0.15) is 17.7 Å². The maximum absolute atomic E-state index is 11.7. The zero-order valence-corrected chi connectivity index (χ0v) is 13.7. The largest absolute Gasteiger partial charge is 0.449 e. The summed E-state index contributed by atoms with van der Waals surface area (Å²) in [5.74, 6) is 0.0441. The molecule has 0 aromatic rings. The van der Waals surface area contributed by atoms with Gasteiger partial charge in [-0.1, -0.05) is 21.6 Å². The Balaban J connectivity index is 4.47. The van der Waals surface area contributed by atoms with Crippen molar-refractivity contribution in [1.82, 2.24) is 5.32 Å². The van der Waals surface area contributed by atoms with Gasteiger partial charge >= 0.3 is 12.1 Å². The second-order valence-corrected chi connectivity index (χ2v) is 7.43. The van der Waals surface area contributed by atoms with Crippen molar-refractivity contribution in [3.63, 3.8) is 0 Å². The Kier molecular flexibility index (Phi) is 9.25. The maximum Gasteiger partial charge on any atom is 0.408 e. The summed E-state index contributed by atoms with van der Waals surface area (Å²) in [5, 5.41) is 10.9. The Morgan fingerprint density at radius 3 is 2.55 bits per heavy atom. The van der Waals surface area contributed by atoms with Crippen LogP contribution in [0.25, 0.3) is 0 Å². The van der Waals surface area contributed by atoms with Crippen LogP contribution in [-0.2, 0) is 14.3 Å². The molecule has 8 heteroatoms. The molecule has 0 saturated heterocycles. The molecule has 0 aromatic carbocycles. The smallest absolute Gasteiger partial charge is 0.408 e. The number of esters is 1. The summed E-state index contributed by atoms with van der Waals surface area (Å²) in [5.41, 5.74) is -0.640. The van der Waals surface area contributed by atoms with Crippen molar-refractivity contribution in [2.75, 3.05) is 18.6 Å². The van der Waals surface area contributed by atoms with Gasteiger partial charge in [0.25, 0.3) is 0 Å². The highest BCUT2D eigenvalue weighted by atomic mass is 33.1. The molecule has 0 heterocycles. The van der Waals surface area contributed by atoms with E-state index in [-0.39, 0.29) is 6.61 Å². The van der Waals surface area contributed by atoms with Gasteiger partial charge in [-0.15, -0.1) is 0 Å². The standard InChI is InChI=1S/C12H20N2O4S2/c1-12(2,3)18-11(16)14-9(5-8-20-19-4)10(15)17-7-6-13/h9H,5,7-8H2,1-4H3,(H,14,16)/t9-/m0/s1. The molecule has 6 nitrogen and oxygen atoms in total. The molecule has 0 saturated carbocycles. The van der Waals surface area contributed by atoms with Crippen molar-refractivity contribution >= 4 is 33.7 Å². The predicted octanol–water partition coefficient (Wildman–Crippen LogP) is 2.35. The Bertz CT molecular complexity index is 363. The number of hydrogen-bond donors (Lipinski definition) is 1. The predicted molar refractivity (Wildman–Crippen MR) is 80.3 cm³/mol. The zero-order chi connectivity index (χ0) is 15.6. The monoisotopic (exact) mass is 320 g/mol. The fraction of sp³-hybridized carbons (Fsp3) is 0.750. The molecule has 114 valence electrons. The van der Waals surface area contributed by atoms with E-state index in [0.717, 1.165) is 0 Å². The zero-order valence-electron chi connectivity index (χ0n) is 12.1. The van der Waals surface area contributed by atoms with E-state index >= 15 is 0 Å². The van der Waals surface area contributed by atoms with Gasteiger partial charge in [-0.2, -0.15) is 5.26 Å². The van der Waals surface area contributed by atoms with Gasteiger partial charge in [0.2, 0.25) is 0 Å². The molecule has 0 aromatic heterocycles. The van der Waals surface area contributed by atoms with E-state index < -0.39 is 23.7 Å². The fourth-order valence-corrected chi connectivity index (χ4v) is 2.44. The first-order valence-corrected chi connectivity index (χ1v) is 8.71. The Morgan fingerprint density at radius 1 is 1.40 bits per heavy atom. The van der Waals surface area contributed by atoms with Crippen molar-refractivity contribution in [2.24, 2.45) is 0 Å². The van der Waals surface area contributed by atoms with Crippen LogP contribution in [0.5, 0.6) is 0 Å². The highest BCUT2D eigenvalue weighted by molar-refractivity contribution is 8.76. The second kappa shape index (κ2) is 9.77. The van der Waals surface area contributed by atoms with E-state index in [0.29, 0.717) is 12.2 Å². The van der Waals surface area contributed by atoms with Gasteiger partial charge in [-0.25, -0.2) is 9.59 Å². The number of ether oxygens (including phenoxy) is 2. The van der Waals surface area contributed by atoms with Crippen LogP contribution < -0.4 is 5.32 Å². The first-order chi connectivity index (χ1) is 9.30. The Hall–Kier alpha value is -1.07. The topological polar surface area (TPSA) is 88.4 Å². The lowest BCUT2D eigenvalue weighted by Gasteiger charge is -2.22. The molecule has 1 amide bonds. The van der Waals surface area contributed by atoms with Crippen LogP contribution in [0.3, 0.4) is 0 Å². The highest BCUT2D eigenvalue weighted by Crippen LogP contribution is 2.18. The summed E-state index contributed by atoms with van der Waals surface area (Å²) in [6.07, 6.45) is 1.66. The van der Waals surface area contributed by atoms with Crippen molar-refractivity contribution in [1.29, 1.82) is 5.26 Å². The molecule has 0 unspecified atom stereocenters. The maximum atomic E-state index is 11.7. The van der Waals surface area contributed by atoms with Crippen molar-refractivity contribution in [2.45, 2.75) is 38.8 Å². The number of hydrogen-bond acceptors (Lipinski definition) is 7. The Morgan fingerprint density at radius 2 is 2.05 bits per heavy atom. The van der Waals surface area contributed by atoms with Gasteiger partial charge in [-0.05, 0) is 33.4 Å². The number of amides is 1. The first-order valence-electron chi connectivity index (χ1n) is 5.99. The third-order valence-corrected chi connectivity index (χ3v) is 3.71. The molecule has 1 atom stereocenters. The molecular weight excluding hydrogens is 300 g/mol. The normalized spacial score (nSPS) is 12.2. The van der Waals surface area contributed by atoms with E-state index in [2.05, 4.69) is 5.32 Å². The Labute approximate surface area is 127 Å². The average Bonchev–Trinajstić information content (AvgIpc) is 2.32. The highest BCUT2D eigenvalue weighted by Gasteiger charge is 2.25. The summed E-state index contributed by atoms with van der Waals surface area (Å²) >= 11 is 0. The third kappa shape index (κ3) is 9.81. The van der Waals surface area contributed by atoms with E-state index in [1.807, 2.05) is 6.26 Å². The lowest BCUT2D eigenvalue weighted by Crippen LogP contribution is -2.44. The first kappa shape index (κ1) is 18.9. The number of nitrogens with zero attached hydrogens (tertiary/aromatic N) is 1. The molecule has 0 aliphatic carbocycles. The summed E-state index contributed by atoms with van der Waals surface area (Å²) in [6, 6.07) is 0.908. The van der Waals surface area contributed by atoms with Crippen LogP contribution in [0.2, 0.25) is 0 Å². The van der Waals surface area contributed by atoms with Crippen LogP contribution in [-0.4, -0.2) is 42.3 Å². The molecule has 0 bridgehead atoms. The van der Waals surface area contributed by atoms with Crippen molar-refractivity contribution < 1.29 is 19.1 Å². The van der Waals surface area contributed by atoms with E-state index in [1.165, 1.54) is 0 Å². The number of alkyl carbamates (subject to hydrolysis) is 1. The molecule has 1 N–H and O–H groups in total. The lowest BCUT2D eigenvalue weighted by atomic mass is 10.2. The molecule has 0 rings (SSSR count). The molecule has 0 aliphatic heterocycles. The van der Waals surface area contributed by atoms with E-state index in [4.69, 9.17) is 14.7 Å². The number of carbonyl (C=O) groups is 2. The number of rotatable bonds is 7. The van der Waals surface area contributed by atoms with Gasteiger partial charge in [0.15, 0.2) is 6.61 Å². The summed E-state index contributed by atoms with van der Waals surface area (Å²) in [6.45, 7) is 4.87. The fourth-order valence-electron chi connectivity index (χ4n) is 1.15. The molecule has 0 spiro atoms. The minimum atomic E-state index is -0.808. The van der Waals surface area contributed by atoms with Crippen LogP contribution in [0, 0.1) is 11.3 Å². The summed E-state index contributed by atoms with van der Waals surface area (Å²) in [4.78, 5) is 23.4. The van der Waals surface area contributed by atoms with E-state index in [9.17, 15) is 9.59 Å². The minimum Gasteiger partial charge on any atom is -0.449 e. The van der Waals surface area contributed by atoms with E-state index in [1.54, 1.807) is 48.4 Å². The van der Waals surface area contributed by atoms with Gasteiger partial charge in [-0.3, -0.25) is 0 Å². The lowest BCUT2D eigenvalue weighted by molar-refractivity contribution is -0.144. The quantitative estimate of drug-likeness (QED) is 0.437.